The number of anilines is 2. The van der Waals surface area contributed by atoms with Crippen LogP contribution in [0.3, 0.4) is 0 Å². The van der Waals surface area contributed by atoms with Crippen LogP contribution in [0, 0.1) is 0 Å². The third-order valence-electron chi connectivity index (χ3n) is 5.97. The maximum absolute atomic E-state index is 13.0. The highest BCUT2D eigenvalue weighted by molar-refractivity contribution is 6.51. The number of unbranched alkanes of at least 4 members (excludes halogenated alkanes) is 9. The molecular weight excluding hydrogens is 412 g/mol. The lowest BCUT2D eigenvalue weighted by molar-refractivity contribution is 0.0815. The number of aryl methyl sites for hydroxylation is 1. The Morgan fingerprint density at radius 3 is 2.03 bits per heavy atom. The Labute approximate surface area is 198 Å². The van der Waals surface area contributed by atoms with Gasteiger partial charge in [0.15, 0.2) is 0 Å². The van der Waals surface area contributed by atoms with Gasteiger partial charge in [0, 0.05) is 16.9 Å². The minimum atomic E-state index is -0.695. The fourth-order valence-corrected chi connectivity index (χ4v) is 4.07. The molecule has 5 heteroatoms. The van der Waals surface area contributed by atoms with Crippen LogP contribution in [0.2, 0.25) is 0 Å². The molecule has 33 heavy (non-hydrogen) atoms. The number of Topliss-reactive ketones (excluding diaryl/α,β-unsaturated/α-hetero) is 2. The van der Waals surface area contributed by atoms with E-state index in [1.807, 2.05) is 13.0 Å². The lowest BCUT2D eigenvalue weighted by Gasteiger charge is -2.12. The number of ether oxygens (including phenoxy) is 1. The van der Waals surface area contributed by atoms with Gasteiger partial charge in [0.25, 0.3) is 0 Å². The highest BCUT2D eigenvalue weighted by Gasteiger charge is 2.26. The van der Waals surface area contributed by atoms with Gasteiger partial charge in [-0.15, -0.1) is 0 Å². The van der Waals surface area contributed by atoms with Crippen LogP contribution in [-0.4, -0.2) is 18.2 Å². The Hall–Kier alpha value is -2.82. The summed E-state index contributed by atoms with van der Waals surface area (Å²) in [7, 11) is 0. The second kappa shape index (κ2) is 14.4. The number of nitrogen functional groups attached to an aromatic ring is 2. The number of hydrogen-bond donors (Lipinski definition) is 2. The highest BCUT2D eigenvalue weighted by atomic mass is 16.5. The summed E-state index contributed by atoms with van der Waals surface area (Å²) in [5.41, 5.74) is 13.9. The van der Waals surface area contributed by atoms with Crippen molar-refractivity contribution in [2.24, 2.45) is 0 Å². The highest BCUT2D eigenvalue weighted by Crippen LogP contribution is 2.27. The Bertz CT molecular complexity index is 908. The molecule has 0 unspecified atom stereocenters. The zero-order chi connectivity index (χ0) is 24.1. The first kappa shape index (κ1) is 26.4. The molecule has 5 nitrogen and oxygen atoms in total. The minimum absolute atomic E-state index is 0.101. The molecule has 0 spiro atoms. The molecular formula is C28H40N2O3. The standard InChI is InChI=1S/C28H40N2O3/c1-3-5-6-7-8-9-10-11-12-13-15-21-18-19-23(29)22(20-21)27(31)28(32)26-24(30)16-14-17-25(26)33-4-2/h14,16-20H,3-13,15,29-30H2,1-2H3. The van der Waals surface area contributed by atoms with Crippen LogP contribution in [0.1, 0.15) is 104 Å². The fraction of sp³-hybridized carbons (Fsp3) is 0.500. The van der Waals surface area contributed by atoms with Crippen molar-refractivity contribution in [2.45, 2.75) is 84.5 Å². The third kappa shape index (κ3) is 8.23. The molecule has 0 aliphatic carbocycles. The van der Waals surface area contributed by atoms with E-state index in [9.17, 15) is 9.59 Å². The molecule has 2 rings (SSSR count). The second-order valence-corrected chi connectivity index (χ2v) is 8.67. The minimum Gasteiger partial charge on any atom is -0.493 e. The predicted molar refractivity (Wildman–Crippen MR) is 137 cm³/mol. The molecule has 4 N–H and O–H groups in total. The smallest absolute Gasteiger partial charge is 0.239 e. The van der Waals surface area contributed by atoms with Crippen molar-refractivity contribution in [3.8, 4) is 5.75 Å². The molecule has 0 radical (unpaired) electrons. The summed E-state index contributed by atoms with van der Waals surface area (Å²) in [6.07, 6.45) is 13.6. The Morgan fingerprint density at radius 1 is 0.758 bits per heavy atom. The van der Waals surface area contributed by atoms with E-state index in [1.165, 1.54) is 57.8 Å². The number of benzene rings is 2. The summed E-state index contributed by atoms with van der Waals surface area (Å²) >= 11 is 0. The SMILES string of the molecule is CCCCCCCCCCCCc1ccc(N)c(C(=O)C(=O)c2c(N)cccc2OCC)c1. The van der Waals surface area contributed by atoms with Gasteiger partial charge in [-0.25, -0.2) is 0 Å². The second-order valence-electron chi connectivity index (χ2n) is 8.67. The topological polar surface area (TPSA) is 95.4 Å². The molecule has 0 aliphatic heterocycles. The summed E-state index contributed by atoms with van der Waals surface area (Å²) < 4.78 is 5.51. The molecule has 0 heterocycles. The van der Waals surface area contributed by atoms with Gasteiger partial charge in [0.2, 0.25) is 11.6 Å². The van der Waals surface area contributed by atoms with Crippen molar-refractivity contribution < 1.29 is 14.3 Å². The van der Waals surface area contributed by atoms with Crippen LogP contribution in [0.15, 0.2) is 36.4 Å². The van der Waals surface area contributed by atoms with Gasteiger partial charge in [-0.05, 0) is 49.6 Å². The number of hydrogen-bond acceptors (Lipinski definition) is 5. The van der Waals surface area contributed by atoms with Gasteiger partial charge in [0.05, 0.1) is 12.2 Å². The summed E-state index contributed by atoms with van der Waals surface area (Å²) in [5.74, 6) is -1.04. The zero-order valence-electron chi connectivity index (χ0n) is 20.3. The molecule has 0 aromatic heterocycles. The van der Waals surface area contributed by atoms with Crippen molar-refractivity contribution in [3.05, 3.63) is 53.1 Å². The molecule has 0 amide bonds. The lowest BCUT2D eigenvalue weighted by Crippen LogP contribution is -2.19. The van der Waals surface area contributed by atoms with E-state index in [2.05, 4.69) is 6.92 Å². The van der Waals surface area contributed by atoms with Crippen molar-refractivity contribution in [2.75, 3.05) is 18.1 Å². The number of rotatable bonds is 16. The molecule has 0 atom stereocenters. The Kier molecular flexibility index (Phi) is 11.5. The number of carbonyl (C=O) groups excluding carboxylic acids is 2. The largest absolute Gasteiger partial charge is 0.493 e. The van der Waals surface area contributed by atoms with Gasteiger partial charge >= 0.3 is 0 Å². The fourth-order valence-electron chi connectivity index (χ4n) is 4.07. The summed E-state index contributed by atoms with van der Waals surface area (Å²) in [4.78, 5) is 26.0. The molecule has 0 saturated heterocycles. The van der Waals surface area contributed by atoms with Gasteiger partial charge in [-0.2, -0.15) is 0 Å². The van der Waals surface area contributed by atoms with Crippen molar-refractivity contribution in [1.29, 1.82) is 0 Å². The molecule has 2 aromatic rings. The van der Waals surface area contributed by atoms with Crippen LogP contribution in [0.5, 0.6) is 5.75 Å². The third-order valence-corrected chi connectivity index (χ3v) is 5.97. The average Bonchev–Trinajstić information content (AvgIpc) is 2.81. The normalized spacial score (nSPS) is 10.8. The van der Waals surface area contributed by atoms with Crippen LogP contribution < -0.4 is 16.2 Å². The van der Waals surface area contributed by atoms with Gasteiger partial charge in [-0.3, -0.25) is 9.59 Å². The first-order valence-electron chi connectivity index (χ1n) is 12.5. The lowest BCUT2D eigenvalue weighted by atomic mass is 9.95. The number of carbonyl (C=O) groups is 2. The number of nitrogens with two attached hydrogens (primary N) is 2. The van der Waals surface area contributed by atoms with Gasteiger partial charge in [-0.1, -0.05) is 76.8 Å². The maximum atomic E-state index is 13.0. The van der Waals surface area contributed by atoms with Crippen LogP contribution in [-0.2, 0) is 6.42 Å². The molecule has 180 valence electrons. The first-order chi connectivity index (χ1) is 16.0. The van der Waals surface area contributed by atoms with E-state index < -0.39 is 11.6 Å². The van der Waals surface area contributed by atoms with E-state index in [0.29, 0.717) is 18.0 Å². The average molecular weight is 453 g/mol. The Morgan fingerprint density at radius 2 is 1.39 bits per heavy atom. The number of ketones is 2. The summed E-state index contributed by atoms with van der Waals surface area (Å²) in [6.45, 7) is 4.43. The molecule has 0 fully saturated rings. The maximum Gasteiger partial charge on any atom is 0.239 e. The first-order valence-corrected chi connectivity index (χ1v) is 12.5. The zero-order valence-corrected chi connectivity index (χ0v) is 20.3. The summed E-state index contributed by atoms with van der Waals surface area (Å²) in [6, 6.07) is 10.3. The van der Waals surface area contributed by atoms with E-state index in [0.717, 1.165) is 18.4 Å². The van der Waals surface area contributed by atoms with Crippen molar-refractivity contribution >= 4 is 22.9 Å². The Balaban J connectivity index is 1.92. The van der Waals surface area contributed by atoms with E-state index in [4.69, 9.17) is 16.2 Å². The molecule has 0 bridgehead atoms. The molecule has 0 saturated carbocycles. The van der Waals surface area contributed by atoms with Crippen LogP contribution in [0.4, 0.5) is 11.4 Å². The molecule has 2 aromatic carbocycles. The van der Waals surface area contributed by atoms with Crippen LogP contribution >= 0.6 is 0 Å². The van der Waals surface area contributed by atoms with Gasteiger partial charge in [0.1, 0.15) is 5.75 Å². The quantitative estimate of drug-likeness (QED) is 0.127. The predicted octanol–water partition coefficient (Wildman–Crippen LogP) is 6.78. The molecule has 0 aliphatic rings. The van der Waals surface area contributed by atoms with E-state index in [1.54, 1.807) is 30.3 Å². The van der Waals surface area contributed by atoms with Gasteiger partial charge < -0.3 is 16.2 Å². The van der Waals surface area contributed by atoms with Crippen molar-refractivity contribution in [1.82, 2.24) is 0 Å². The monoisotopic (exact) mass is 452 g/mol. The van der Waals surface area contributed by atoms with Crippen LogP contribution in [0.25, 0.3) is 0 Å². The van der Waals surface area contributed by atoms with Crippen molar-refractivity contribution in [3.63, 3.8) is 0 Å². The van der Waals surface area contributed by atoms with E-state index in [-0.39, 0.29) is 16.8 Å². The van der Waals surface area contributed by atoms with E-state index >= 15 is 0 Å². The summed E-state index contributed by atoms with van der Waals surface area (Å²) in [5, 5.41) is 0.